The van der Waals surface area contributed by atoms with Crippen LogP contribution in [0.3, 0.4) is 0 Å². The van der Waals surface area contributed by atoms with Gasteiger partial charge < -0.3 is 10.3 Å². The molecule has 148 valence electrons. The molecule has 2 aromatic carbocycles. The molecule has 3 rings (SSSR count). The van der Waals surface area contributed by atoms with Crippen molar-refractivity contribution < 1.29 is 22.0 Å². The summed E-state index contributed by atoms with van der Waals surface area (Å²) in [4.78, 5) is 18.7. The average Bonchev–Trinajstić information content (AvgIpc) is 3.04. The number of carbonyl (C=O) groups excluding carboxylic acids is 1. The molecule has 7 nitrogen and oxygen atoms in total. The van der Waals surface area contributed by atoms with Crippen molar-refractivity contribution >= 4 is 32.7 Å². The molecule has 0 aliphatic rings. The molecule has 0 bridgehead atoms. The van der Waals surface area contributed by atoms with E-state index in [9.17, 15) is 22.0 Å². The van der Waals surface area contributed by atoms with Crippen LogP contribution in [-0.2, 0) is 10.0 Å². The monoisotopic (exact) mass is 408 g/mol. The second-order valence-corrected chi connectivity index (χ2v) is 8.12. The number of alkyl halides is 2. The minimum Gasteiger partial charge on any atom is -0.337 e. The summed E-state index contributed by atoms with van der Waals surface area (Å²) in [5.41, 5.74) is 1.30. The fourth-order valence-electron chi connectivity index (χ4n) is 2.57. The Morgan fingerprint density at radius 3 is 2.39 bits per heavy atom. The number of nitrogens with zero attached hydrogens (tertiary/aromatic N) is 1. The fraction of sp³-hybridized carbons (Fsp3) is 0.222. The van der Waals surface area contributed by atoms with E-state index in [0.717, 1.165) is 0 Å². The number of fused-ring (bicyclic) bond motifs is 1. The summed E-state index contributed by atoms with van der Waals surface area (Å²) in [5, 5.41) is 2.64. The number of sulfonamides is 1. The van der Waals surface area contributed by atoms with E-state index in [2.05, 4.69) is 20.0 Å². The summed E-state index contributed by atoms with van der Waals surface area (Å²) < 4.78 is 52.1. The van der Waals surface area contributed by atoms with E-state index in [4.69, 9.17) is 0 Å². The zero-order valence-corrected chi connectivity index (χ0v) is 15.8. The number of imidazole rings is 1. The number of aromatic amines is 1. The molecule has 0 fully saturated rings. The van der Waals surface area contributed by atoms with E-state index in [0.29, 0.717) is 16.7 Å². The van der Waals surface area contributed by atoms with E-state index in [1.807, 2.05) is 0 Å². The Labute approximate surface area is 160 Å². The van der Waals surface area contributed by atoms with Gasteiger partial charge in [-0.25, -0.2) is 26.9 Å². The molecule has 3 N–H and O–H groups in total. The van der Waals surface area contributed by atoms with Gasteiger partial charge in [0.25, 0.3) is 12.3 Å². The molecule has 1 heterocycles. The zero-order chi connectivity index (χ0) is 20.5. The van der Waals surface area contributed by atoms with E-state index in [1.165, 1.54) is 42.5 Å². The quantitative estimate of drug-likeness (QED) is 0.581. The van der Waals surface area contributed by atoms with Gasteiger partial charge in [0.05, 0.1) is 15.9 Å². The lowest BCUT2D eigenvalue weighted by Gasteiger charge is -2.10. The third-order valence-electron chi connectivity index (χ3n) is 3.78. The van der Waals surface area contributed by atoms with Crippen LogP contribution in [0.15, 0.2) is 47.4 Å². The Bertz CT molecular complexity index is 1110. The first kappa shape index (κ1) is 19.9. The smallest absolute Gasteiger partial charge is 0.295 e. The summed E-state index contributed by atoms with van der Waals surface area (Å²) >= 11 is 0. The van der Waals surface area contributed by atoms with Crippen molar-refractivity contribution in [1.82, 2.24) is 14.7 Å². The molecule has 10 heteroatoms. The van der Waals surface area contributed by atoms with Crippen LogP contribution >= 0.6 is 0 Å². The van der Waals surface area contributed by atoms with Crippen molar-refractivity contribution in [3.8, 4) is 0 Å². The number of H-pyrrole nitrogens is 1. The number of anilines is 1. The maximum Gasteiger partial charge on any atom is 0.295 e. The highest BCUT2D eigenvalue weighted by Crippen LogP contribution is 2.21. The number of carbonyl (C=O) groups is 1. The number of halogens is 2. The number of nitrogens with one attached hydrogen (secondary N) is 3. The van der Waals surface area contributed by atoms with Crippen molar-refractivity contribution in [1.29, 1.82) is 0 Å². The molecule has 0 atom stereocenters. The Morgan fingerprint density at radius 2 is 1.79 bits per heavy atom. The van der Waals surface area contributed by atoms with Crippen LogP contribution in [0, 0.1) is 0 Å². The zero-order valence-electron chi connectivity index (χ0n) is 15.0. The van der Waals surface area contributed by atoms with Gasteiger partial charge in [-0.1, -0.05) is 0 Å². The molecule has 0 aliphatic carbocycles. The molecule has 0 aliphatic heterocycles. The summed E-state index contributed by atoms with van der Waals surface area (Å²) in [7, 11) is -3.62. The van der Waals surface area contributed by atoms with Gasteiger partial charge in [-0.3, -0.25) is 4.79 Å². The molecule has 1 aromatic heterocycles. The Morgan fingerprint density at radius 1 is 1.11 bits per heavy atom. The lowest BCUT2D eigenvalue weighted by molar-refractivity contribution is 0.102. The number of benzene rings is 2. The van der Waals surface area contributed by atoms with Crippen molar-refractivity contribution in [3.05, 3.63) is 53.9 Å². The molecule has 0 radical (unpaired) electrons. The van der Waals surface area contributed by atoms with Gasteiger partial charge in [-0.15, -0.1) is 0 Å². The second kappa shape index (κ2) is 7.64. The van der Waals surface area contributed by atoms with Crippen LogP contribution in [0.4, 0.5) is 14.5 Å². The standard InChI is InChI=1S/C18H18F2N4O3S/c1-10(2)24-28(26,27)13-6-4-12(5-7-13)21-18(25)11-3-8-14-15(9-11)23-17(22-14)16(19)20/h3-10,16,24H,1-2H3,(H,21,25)(H,22,23). The summed E-state index contributed by atoms with van der Waals surface area (Å²) in [5.74, 6) is -0.926. The highest BCUT2D eigenvalue weighted by molar-refractivity contribution is 7.89. The third kappa shape index (κ3) is 4.34. The van der Waals surface area contributed by atoms with Crippen molar-refractivity contribution in [2.24, 2.45) is 0 Å². The van der Waals surface area contributed by atoms with Gasteiger partial charge in [0, 0.05) is 17.3 Å². The molecule has 3 aromatic rings. The summed E-state index contributed by atoms with van der Waals surface area (Å²) in [6.07, 6.45) is -2.73. The first-order valence-corrected chi connectivity index (χ1v) is 9.85. The van der Waals surface area contributed by atoms with Crippen LogP contribution in [0.2, 0.25) is 0 Å². The number of aromatic nitrogens is 2. The maximum atomic E-state index is 12.7. The topological polar surface area (TPSA) is 104 Å². The molecule has 0 saturated heterocycles. The maximum absolute atomic E-state index is 12.7. The lowest BCUT2D eigenvalue weighted by Crippen LogP contribution is -2.30. The van der Waals surface area contributed by atoms with Gasteiger partial charge >= 0.3 is 0 Å². The molecular weight excluding hydrogens is 390 g/mol. The van der Waals surface area contributed by atoms with Crippen molar-refractivity contribution in [2.45, 2.75) is 31.2 Å². The largest absolute Gasteiger partial charge is 0.337 e. The first-order valence-electron chi connectivity index (χ1n) is 8.37. The summed E-state index contributed by atoms with van der Waals surface area (Å²) in [6, 6.07) is 9.83. The van der Waals surface area contributed by atoms with Gasteiger partial charge in [-0.05, 0) is 56.3 Å². The van der Waals surface area contributed by atoms with Crippen LogP contribution < -0.4 is 10.0 Å². The van der Waals surface area contributed by atoms with Gasteiger partial charge in [0.2, 0.25) is 10.0 Å². The molecule has 28 heavy (non-hydrogen) atoms. The Kier molecular flexibility index (Phi) is 5.43. The Balaban J connectivity index is 1.76. The molecular formula is C18H18F2N4O3S. The molecule has 0 unspecified atom stereocenters. The Hall–Kier alpha value is -2.85. The normalized spacial score (nSPS) is 12.1. The van der Waals surface area contributed by atoms with Gasteiger partial charge in [0.1, 0.15) is 0 Å². The molecule has 0 spiro atoms. The van der Waals surface area contributed by atoms with Crippen LogP contribution in [0.5, 0.6) is 0 Å². The van der Waals surface area contributed by atoms with Gasteiger partial charge in [0.15, 0.2) is 5.82 Å². The van der Waals surface area contributed by atoms with Crippen LogP contribution in [0.1, 0.15) is 36.5 Å². The van der Waals surface area contributed by atoms with E-state index < -0.39 is 28.2 Å². The lowest BCUT2D eigenvalue weighted by atomic mass is 10.2. The second-order valence-electron chi connectivity index (χ2n) is 6.41. The first-order chi connectivity index (χ1) is 13.2. The fourth-order valence-corrected chi connectivity index (χ4v) is 3.82. The molecule has 0 saturated carbocycles. The van der Waals surface area contributed by atoms with Crippen molar-refractivity contribution in [2.75, 3.05) is 5.32 Å². The van der Waals surface area contributed by atoms with E-state index in [1.54, 1.807) is 13.8 Å². The number of amides is 1. The third-order valence-corrected chi connectivity index (χ3v) is 5.46. The van der Waals surface area contributed by atoms with Gasteiger partial charge in [-0.2, -0.15) is 0 Å². The number of hydrogen-bond donors (Lipinski definition) is 3. The SMILES string of the molecule is CC(C)NS(=O)(=O)c1ccc(NC(=O)c2ccc3nc(C(F)F)[nH]c3c2)cc1. The number of rotatable bonds is 6. The molecule has 1 amide bonds. The van der Waals surface area contributed by atoms with Crippen molar-refractivity contribution in [3.63, 3.8) is 0 Å². The van der Waals surface area contributed by atoms with E-state index in [-0.39, 0.29) is 16.5 Å². The predicted octanol–water partition coefficient (Wildman–Crippen LogP) is 3.44. The van der Waals surface area contributed by atoms with Crippen LogP contribution in [0.25, 0.3) is 11.0 Å². The predicted molar refractivity (Wildman–Crippen MR) is 101 cm³/mol. The summed E-state index contributed by atoms with van der Waals surface area (Å²) in [6.45, 7) is 3.43. The van der Waals surface area contributed by atoms with E-state index >= 15 is 0 Å². The highest BCUT2D eigenvalue weighted by Gasteiger charge is 2.16. The highest BCUT2D eigenvalue weighted by atomic mass is 32.2. The number of hydrogen-bond acceptors (Lipinski definition) is 4. The minimum atomic E-state index is -3.62. The van der Waals surface area contributed by atoms with Crippen LogP contribution in [-0.4, -0.2) is 30.3 Å². The minimum absolute atomic E-state index is 0.0811. The average molecular weight is 408 g/mol.